The number of hydrogen-bond acceptors (Lipinski definition) is 1. The summed E-state index contributed by atoms with van der Waals surface area (Å²) in [6.07, 6.45) is -1.16. The van der Waals surface area contributed by atoms with E-state index in [1.807, 2.05) is 18.2 Å². The lowest BCUT2D eigenvalue weighted by Gasteiger charge is -1.91. The summed E-state index contributed by atoms with van der Waals surface area (Å²) in [7, 11) is 0. The zero-order valence-electron chi connectivity index (χ0n) is 6.50. The average molecular weight is 164 g/mol. The third-order valence-electron chi connectivity index (χ3n) is 1.30. The van der Waals surface area contributed by atoms with Crippen LogP contribution < -0.4 is 0 Å². The number of benzene rings is 1. The molecular formula is C10H9FO. The molecule has 0 amide bonds. The zero-order valence-corrected chi connectivity index (χ0v) is 6.50. The van der Waals surface area contributed by atoms with Gasteiger partial charge in [0.2, 0.25) is 0 Å². The van der Waals surface area contributed by atoms with E-state index in [1.165, 1.54) is 0 Å². The van der Waals surface area contributed by atoms with Crippen LogP contribution in [0.25, 0.3) is 0 Å². The van der Waals surface area contributed by atoms with Crippen molar-refractivity contribution in [3.63, 3.8) is 0 Å². The minimum Gasteiger partial charge on any atom is -0.378 e. The molecule has 0 radical (unpaired) electrons. The zero-order chi connectivity index (χ0) is 8.81. The fourth-order valence-corrected chi connectivity index (χ4v) is 0.727. The summed E-state index contributed by atoms with van der Waals surface area (Å²) in [4.78, 5) is 0. The first-order chi connectivity index (χ1) is 5.83. The van der Waals surface area contributed by atoms with Crippen LogP contribution in [0.15, 0.2) is 30.3 Å². The van der Waals surface area contributed by atoms with Crippen LogP contribution in [0.2, 0.25) is 0 Å². The molecule has 1 rings (SSSR count). The second-order valence-corrected chi connectivity index (χ2v) is 2.31. The molecule has 0 aliphatic carbocycles. The number of hydrogen-bond donors (Lipinski definition) is 1. The van der Waals surface area contributed by atoms with Crippen molar-refractivity contribution in [2.24, 2.45) is 0 Å². The van der Waals surface area contributed by atoms with Crippen molar-refractivity contribution in [2.45, 2.75) is 6.10 Å². The topological polar surface area (TPSA) is 20.2 Å². The van der Waals surface area contributed by atoms with Crippen molar-refractivity contribution in [3.05, 3.63) is 35.9 Å². The van der Waals surface area contributed by atoms with Gasteiger partial charge in [-0.25, -0.2) is 4.39 Å². The van der Waals surface area contributed by atoms with Crippen molar-refractivity contribution in [3.8, 4) is 11.8 Å². The molecule has 0 spiro atoms. The Bertz CT molecular complexity index is 284. The lowest BCUT2D eigenvalue weighted by Crippen LogP contribution is -2.04. The summed E-state index contributed by atoms with van der Waals surface area (Å²) in [5.41, 5.74) is 0.782. The molecule has 0 aliphatic heterocycles. The van der Waals surface area contributed by atoms with Crippen molar-refractivity contribution in [1.29, 1.82) is 0 Å². The molecule has 1 nitrogen and oxygen atoms in total. The minimum atomic E-state index is -1.16. The Labute approximate surface area is 70.9 Å². The molecular weight excluding hydrogens is 155 g/mol. The largest absolute Gasteiger partial charge is 0.378 e. The molecule has 1 N–H and O–H groups in total. The third-order valence-corrected chi connectivity index (χ3v) is 1.30. The van der Waals surface area contributed by atoms with Gasteiger partial charge in [-0.2, -0.15) is 0 Å². The molecule has 12 heavy (non-hydrogen) atoms. The summed E-state index contributed by atoms with van der Waals surface area (Å²) in [5.74, 6) is 5.03. The van der Waals surface area contributed by atoms with Gasteiger partial charge in [0.05, 0.1) is 0 Å². The Balaban J connectivity index is 2.67. The molecule has 0 bridgehead atoms. The Kier molecular flexibility index (Phi) is 3.31. The van der Waals surface area contributed by atoms with E-state index in [1.54, 1.807) is 12.1 Å². The van der Waals surface area contributed by atoms with Crippen LogP contribution in [0.3, 0.4) is 0 Å². The van der Waals surface area contributed by atoms with Crippen LogP contribution in [0.4, 0.5) is 4.39 Å². The van der Waals surface area contributed by atoms with E-state index < -0.39 is 12.8 Å². The maximum absolute atomic E-state index is 11.7. The maximum Gasteiger partial charge on any atom is 0.143 e. The van der Waals surface area contributed by atoms with Gasteiger partial charge in [0.1, 0.15) is 12.8 Å². The highest BCUT2D eigenvalue weighted by Crippen LogP contribution is 1.95. The summed E-state index contributed by atoms with van der Waals surface area (Å²) in [5, 5.41) is 8.77. The van der Waals surface area contributed by atoms with E-state index in [0.717, 1.165) is 5.56 Å². The summed E-state index contributed by atoms with van der Waals surface area (Å²) in [6.45, 7) is -0.820. The SMILES string of the molecule is O[C@H](C#Cc1ccccc1)CF. The number of alkyl halides is 1. The van der Waals surface area contributed by atoms with Crippen LogP contribution >= 0.6 is 0 Å². The standard InChI is InChI=1S/C10H9FO/c11-8-10(12)7-6-9-4-2-1-3-5-9/h1-5,10,12H,8H2/t10-/m1/s1. The van der Waals surface area contributed by atoms with Crippen LogP contribution in [-0.4, -0.2) is 17.9 Å². The van der Waals surface area contributed by atoms with E-state index in [0.29, 0.717) is 0 Å². The highest BCUT2D eigenvalue weighted by molar-refractivity contribution is 5.34. The Morgan fingerprint density at radius 3 is 2.58 bits per heavy atom. The fraction of sp³-hybridized carbons (Fsp3) is 0.200. The molecule has 0 heterocycles. The fourth-order valence-electron chi connectivity index (χ4n) is 0.727. The minimum absolute atomic E-state index is 0.782. The van der Waals surface area contributed by atoms with Gasteiger partial charge in [-0.1, -0.05) is 30.0 Å². The number of aliphatic hydroxyl groups is 1. The van der Waals surface area contributed by atoms with E-state index in [9.17, 15) is 4.39 Å². The molecule has 1 aromatic rings. The third kappa shape index (κ3) is 2.73. The predicted octanol–water partition coefficient (Wildman–Crippen LogP) is 1.37. The van der Waals surface area contributed by atoms with Crippen molar-refractivity contribution in [1.82, 2.24) is 0 Å². The molecule has 0 fully saturated rings. The second-order valence-electron chi connectivity index (χ2n) is 2.31. The quantitative estimate of drug-likeness (QED) is 0.621. The number of rotatable bonds is 1. The highest BCUT2D eigenvalue weighted by Gasteiger charge is 1.93. The van der Waals surface area contributed by atoms with Crippen LogP contribution in [0.5, 0.6) is 0 Å². The molecule has 2 heteroatoms. The van der Waals surface area contributed by atoms with E-state index in [2.05, 4.69) is 11.8 Å². The van der Waals surface area contributed by atoms with Gasteiger partial charge in [0, 0.05) is 5.56 Å². The van der Waals surface area contributed by atoms with Gasteiger partial charge in [-0.15, -0.1) is 0 Å². The first-order valence-electron chi connectivity index (χ1n) is 3.63. The van der Waals surface area contributed by atoms with Gasteiger partial charge in [-0.05, 0) is 12.1 Å². The molecule has 1 atom stereocenters. The van der Waals surface area contributed by atoms with Crippen molar-refractivity contribution < 1.29 is 9.50 Å². The monoisotopic (exact) mass is 164 g/mol. The molecule has 62 valence electrons. The Hall–Kier alpha value is -1.33. The Morgan fingerprint density at radius 1 is 1.33 bits per heavy atom. The van der Waals surface area contributed by atoms with Gasteiger partial charge < -0.3 is 5.11 Å². The first kappa shape index (κ1) is 8.76. The molecule has 1 aromatic carbocycles. The molecule has 0 unspecified atom stereocenters. The predicted molar refractivity (Wildman–Crippen MR) is 45.3 cm³/mol. The summed E-state index contributed by atoms with van der Waals surface area (Å²) >= 11 is 0. The van der Waals surface area contributed by atoms with Crippen molar-refractivity contribution >= 4 is 0 Å². The summed E-state index contributed by atoms with van der Waals surface area (Å²) < 4.78 is 11.7. The lowest BCUT2D eigenvalue weighted by atomic mass is 10.2. The van der Waals surface area contributed by atoms with Gasteiger partial charge in [0.15, 0.2) is 0 Å². The molecule has 0 saturated carbocycles. The van der Waals surface area contributed by atoms with Gasteiger partial charge in [0.25, 0.3) is 0 Å². The van der Waals surface area contributed by atoms with Gasteiger partial charge in [-0.3, -0.25) is 0 Å². The normalized spacial score (nSPS) is 11.5. The van der Waals surface area contributed by atoms with E-state index >= 15 is 0 Å². The highest BCUT2D eigenvalue weighted by atomic mass is 19.1. The van der Waals surface area contributed by atoms with E-state index in [4.69, 9.17) is 5.11 Å². The smallest absolute Gasteiger partial charge is 0.143 e. The molecule has 0 saturated heterocycles. The van der Waals surface area contributed by atoms with Crippen LogP contribution in [-0.2, 0) is 0 Å². The van der Waals surface area contributed by atoms with E-state index in [-0.39, 0.29) is 0 Å². The number of halogens is 1. The average Bonchev–Trinajstić information content (AvgIpc) is 2.16. The maximum atomic E-state index is 11.7. The van der Waals surface area contributed by atoms with Crippen LogP contribution in [0, 0.1) is 11.8 Å². The van der Waals surface area contributed by atoms with Gasteiger partial charge >= 0.3 is 0 Å². The first-order valence-corrected chi connectivity index (χ1v) is 3.63. The second kappa shape index (κ2) is 4.53. The lowest BCUT2D eigenvalue weighted by molar-refractivity contribution is 0.192. The summed E-state index contributed by atoms with van der Waals surface area (Å²) in [6, 6.07) is 9.16. The molecule has 0 aliphatic rings. The number of aliphatic hydroxyl groups excluding tert-OH is 1. The van der Waals surface area contributed by atoms with Crippen LogP contribution in [0.1, 0.15) is 5.56 Å². The van der Waals surface area contributed by atoms with Crippen molar-refractivity contribution in [2.75, 3.05) is 6.67 Å². The Morgan fingerprint density at radius 2 is 2.00 bits per heavy atom. The molecule has 0 aromatic heterocycles.